The van der Waals surface area contributed by atoms with Gasteiger partial charge in [0.2, 0.25) is 6.79 Å². The maximum atomic E-state index is 13.1. The molecule has 0 bridgehead atoms. The average Bonchev–Trinajstić information content (AvgIpc) is 3.20. The number of aromatic nitrogens is 1. The number of fused-ring (bicyclic) bond motifs is 4. The van der Waals surface area contributed by atoms with Crippen molar-refractivity contribution >= 4 is 22.4 Å². The van der Waals surface area contributed by atoms with Gasteiger partial charge in [0, 0.05) is 40.4 Å². The highest BCUT2D eigenvalue weighted by atomic mass is 16.7. The quantitative estimate of drug-likeness (QED) is 0.651. The first-order valence-electron chi connectivity index (χ1n) is 10.0. The number of carbonyl (C=O) groups excluding carboxylic acids is 1. The first-order chi connectivity index (χ1) is 14.2. The second kappa shape index (κ2) is 6.08. The van der Waals surface area contributed by atoms with E-state index in [0.717, 1.165) is 69.0 Å². The maximum Gasteiger partial charge on any atom is 0.231 e. The van der Waals surface area contributed by atoms with Crippen LogP contribution in [-0.2, 0) is 4.79 Å². The summed E-state index contributed by atoms with van der Waals surface area (Å²) in [6.45, 7) is 2.23. The highest BCUT2D eigenvalue weighted by molar-refractivity contribution is 6.03. The molecule has 0 fully saturated rings. The van der Waals surface area contributed by atoms with Gasteiger partial charge in [0.05, 0.1) is 5.52 Å². The number of anilines is 1. The highest BCUT2D eigenvalue weighted by Crippen LogP contribution is 2.49. The molecule has 3 aliphatic rings. The van der Waals surface area contributed by atoms with E-state index in [-0.39, 0.29) is 18.5 Å². The number of aryl methyl sites for hydroxylation is 1. The number of nitrogens with zero attached hydrogens (tertiary/aromatic N) is 1. The van der Waals surface area contributed by atoms with Gasteiger partial charge in [-0.1, -0.05) is 12.1 Å². The van der Waals surface area contributed by atoms with Crippen molar-refractivity contribution in [3.05, 3.63) is 70.6 Å². The van der Waals surface area contributed by atoms with Crippen molar-refractivity contribution in [1.29, 1.82) is 0 Å². The average molecular weight is 384 g/mol. The summed E-state index contributed by atoms with van der Waals surface area (Å²) < 4.78 is 11.1. The molecule has 0 radical (unpaired) electrons. The maximum absolute atomic E-state index is 13.1. The summed E-state index contributed by atoms with van der Waals surface area (Å²) in [5.74, 6) is 1.57. The number of ketones is 1. The van der Waals surface area contributed by atoms with Crippen molar-refractivity contribution in [2.24, 2.45) is 0 Å². The van der Waals surface area contributed by atoms with Gasteiger partial charge in [0.1, 0.15) is 0 Å². The van der Waals surface area contributed by atoms with Gasteiger partial charge in [-0.3, -0.25) is 9.78 Å². The summed E-state index contributed by atoms with van der Waals surface area (Å²) in [7, 11) is 0. The molecule has 0 saturated carbocycles. The molecule has 0 unspecified atom stereocenters. The molecule has 5 nitrogen and oxygen atoms in total. The highest BCUT2D eigenvalue weighted by Gasteiger charge is 2.36. The van der Waals surface area contributed by atoms with E-state index in [4.69, 9.17) is 14.5 Å². The minimum absolute atomic E-state index is 0.142. The minimum atomic E-state index is -0.142. The summed E-state index contributed by atoms with van der Waals surface area (Å²) >= 11 is 0. The van der Waals surface area contributed by atoms with Crippen LogP contribution < -0.4 is 14.8 Å². The van der Waals surface area contributed by atoms with Crippen molar-refractivity contribution in [2.45, 2.75) is 32.1 Å². The molecule has 3 aromatic rings. The SMILES string of the molecule is Cc1ccc2c3c(ccc2n1)NC1=C(C(=O)CCC1)[C@H]3c1ccc2c(c1)OCO2. The molecule has 0 saturated heterocycles. The fourth-order valence-corrected chi connectivity index (χ4v) is 4.81. The van der Waals surface area contributed by atoms with Crippen molar-refractivity contribution in [1.82, 2.24) is 4.98 Å². The number of Topliss-reactive ketones (excluding diaryl/α,β-unsaturated/α-hetero) is 1. The lowest BCUT2D eigenvalue weighted by Crippen LogP contribution is -2.27. The summed E-state index contributed by atoms with van der Waals surface area (Å²) in [5.41, 5.74) is 7.08. The Kier molecular flexibility index (Phi) is 3.48. The number of hydrogen-bond acceptors (Lipinski definition) is 5. The Bertz CT molecular complexity index is 1230. The van der Waals surface area contributed by atoms with E-state index < -0.39 is 0 Å². The molecule has 1 N–H and O–H groups in total. The largest absolute Gasteiger partial charge is 0.454 e. The molecule has 2 aromatic carbocycles. The third-order valence-corrected chi connectivity index (χ3v) is 6.10. The first kappa shape index (κ1) is 16.6. The molecular formula is C24H20N2O3. The molecule has 0 amide bonds. The van der Waals surface area contributed by atoms with Crippen molar-refractivity contribution in [2.75, 3.05) is 12.1 Å². The van der Waals surface area contributed by atoms with Crippen molar-refractivity contribution < 1.29 is 14.3 Å². The van der Waals surface area contributed by atoms with Crippen LogP contribution >= 0.6 is 0 Å². The molecule has 1 aliphatic carbocycles. The molecule has 6 rings (SSSR count). The van der Waals surface area contributed by atoms with Crippen LogP contribution in [0.25, 0.3) is 10.9 Å². The first-order valence-corrected chi connectivity index (χ1v) is 10.0. The summed E-state index contributed by atoms with van der Waals surface area (Å²) in [5, 5.41) is 4.64. The van der Waals surface area contributed by atoms with Gasteiger partial charge in [-0.05, 0) is 61.2 Å². The van der Waals surface area contributed by atoms with E-state index in [1.54, 1.807) is 0 Å². The number of hydrogen-bond donors (Lipinski definition) is 1. The van der Waals surface area contributed by atoms with Crippen molar-refractivity contribution in [3.63, 3.8) is 0 Å². The normalized spacial score (nSPS) is 19.8. The number of benzene rings is 2. The second-order valence-electron chi connectivity index (χ2n) is 7.89. The molecule has 2 aliphatic heterocycles. The third kappa shape index (κ3) is 2.47. The Morgan fingerprint density at radius 1 is 1.03 bits per heavy atom. The molecule has 0 spiro atoms. The number of rotatable bonds is 1. The summed E-state index contributed by atoms with van der Waals surface area (Å²) in [6.07, 6.45) is 2.38. The van der Waals surface area contributed by atoms with Gasteiger partial charge in [-0.2, -0.15) is 0 Å². The summed E-state index contributed by atoms with van der Waals surface area (Å²) in [6, 6.07) is 14.3. The van der Waals surface area contributed by atoms with Crippen LogP contribution in [0, 0.1) is 6.92 Å². The van der Waals surface area contributed by atoms with E-state index in [1.807, 2.05) is 25.1 Å². The van der Waals surface area contributed by atoms with Crippen LogP contribution in [0.3, 0.4) is 0 Å². The van der Waals surface area contributed by atoms with E-state index in [9.17, 15) is 4.79 Å². The predicted molar refractivity (Wildman–Crippen MR) is 110 cm³/mol. The standard InChI is InChI=1S/C24H20N2O3/c1-13-5-7-15-16(25-13)8-9-18-23(15)22(24-17(26-18)3-2-4-19(24)27)14-6-10-20-21(11-14)29-12-28-20/h5-11,22,26H,2-4,12H2,1H3/t22-/m0/s1. The van der Waals surface area contributed by atoms with Crippen molar-refractivity contribution in [3.8, 4) is 11.5 Å². The van der Waals surface area contributed by atoms with Crippen LogP contribution in [0.5, 0.6) is 11.5 Å². The molecule has 1 atom stereocenters. The number of ether oxygens (including phenoxy) is 2. The Balaban J connectivity index is 1.65. The van der Waals surface area contributed by atoms with Gasteiger partial charge in [0.15, 0.2) is 17.3 Å². The Labute approximate surface area is 168 Å². The topological polar surface area (TPSA) is 60.5 Å². The number of allylic oxidation sites excluding steroid dienone is 2. The van der Waals surface area contributed by atoms with Gasteiger partial charge in [0.25, 0.3) is 0 Å². The lowest BCUT2D eigenvalue weighted by atomic mass is 9.74. The van der Waals surface area contributed by atoms with Crippen LogP contribution in [0.2, 0.25) is 0 Å². The zero-order valence-corrected chi connectivity index (χ0v) is 16.1. The fourth-order valence-electron chi connectivity index (χ4n) is 4.81. The Morgan fingerprint density at radius 2 is 1.93 bits per heavy atom. The van der Waals surface area contributed by atoms with E-state index in [2.05, 4.69) is 29.6 Å². The van der Waals surface area contributed by atoms with Gasteiger partial charge >= 0.3 is 0 Å². The predicted octanol–water partition coefficient (Wildman–Crippen LogP) is 4.84. The number of nitrogens with one attached hydrogen (secondary N) is 1. The molecule has 29 heavy (non-hydrogen) atoms. The Morgan fingerprint density at radius 3 is 2.86 bits per heavy atom. The minimum Gasteiger partial charge on any atom is -0.454 e. The smallest absolute Gasteiger partial charge is 0.231 e. The number of pyridine rings is 1. The lowest BCUT2D eigenvalue weighted by molar-refractivity contribution is -0.116. The zero-order chi connectivity index (χ0) is 19.5. The molecule has 5 heteroatoms. The molecule has 144 valence electrons. The lowest BCUT2D eigenvalue weighted by Gasteiger charge is -2.35. The van der Waals surface area contributed by atoms with Gasteiger partial charge < -0.3 is 14.8 Å². The van der Waals surface area contributed by atoms with E-state index in [0.29, 0.717) is 6.42 Å². The second-order valence-corrected chi connectivity index (χ2v) is 7.89. The van der Waals surface area contributed by atoms with Gasteiger partial charge in [-0.15, -0.1) is 0 Å². The van der Waals surface area contributed by atoms with E-state index >= 15 is 0 Å². The van der Waals surface area contributed by atoms with Crippen LogP contribution in [0.1, 0.15) is 42.0 Å². The summed E-state index contributed by atoms with van der Waals surface area (Å²) in [4.78, 5) is 17.8. The molecular weight excluding hydrogens is 364 g/mol. The van der Waals surface area contributed by atoms with E-state index in [1.165, 1.54) is 0 Å². The monoisotopic (exact) mass is 384 g/mol. The van der Waals surface area contributed by atoms with Gasteiger partial charge in [-0.25, -0.2) is 0 Å². The van der Waals surface area contributed by atoms with Crippen LogP contribution in [0.15, 0.2) is 53.7 Å². The number of carbonyl (C=O) groups is 1. The zero-order valence-electron chi connectivity index (χ0n) is 16.1. The van der Waals surface area contributed by atoms with Crippen LogP contribution in [-0.4, -0.2) is 17.6 Å². The third-order valence-electron chi connectivity index (χ3n) is 6.10. The Hall–Kier alpha value is -3.34. The van der Waals surface area contributed by atoms with Crippen LogP contribution in [0.4, 0.5) is 5.69 Å². The molecule has 1 aromatic heterocycles. The fraction of sp³-hybridized carbons (Fsp3) is 0.250. The molecule has 3 heterocycles.